The molecule has 1 aromatic rings. The lowest BCUT2D eigenvalue weighted by Gasteiger charge is -2.30. The molecule has 0 aromatic heterocycles. The first-order chi connectivity index (χ1) is 9.10. The van der Waals surface area contributed by atoms with Gasteiger partial charge in [-0.2, -0.15) is 11.8 Å². The Morgan fingerprint density at radius 2 is 2.21 bits per heavy atom. The highest BCUT2D eigenvalue weighted by Gasteiger charge is 2.21. The maximum absolute atomic E-state index is 5.83. The highest BCUT2D eigenvalue weighted by Crippen LogP contribution is 2.29. The number of hydrogen-bond donors (Lipinski definition) is 2. The normalized spacial score (nSPS) is 23.1. The van der Waals surface area contributed by atoms with Crippen LogP contribution in [-0.2, 0) is 0 Å². The molecule has 2 rings (SSSR count). The van der Waals surface area contributed by atoms with Gasteiger partial charge in [-0.05, 0) is 44.6 Å². The average molecular weight is 294 g/mol. The minimum absolute atomic E-state index is 0.475. The van der Waals surface area contributed by atoms with Crippen LogP contribution in [0.4, 0.5) is 5.69 Å². The van der Waals surface area contributed by atoms with Crippen LogP contribution in [0.3, 0.4) is 0 Å². The third-order valence-electron chi connectivity index (χ3n) is 3.76. The monoisotopic (exact) mass is 294 g/mol. The molecule has 2 nitrogen and oxygen atoms in total. The van der Waals surface area contributed by atoms with Gasteiger partial charge in [-0.1, -0.05) is 30.3 Å². The van der Waals surface area contributed by atoms with Crippen LogP contribution < -0.4 is 11.1 Å². The van der Waals surface area contributed by atoms with E-state index in [0.29, 0.717) is 11.0 Å². The summed E-state index contributed by atoms with van der Waals surface area (Å²) in [6.07, 6.45) is 7.32. The van der Waals surface area contributed by atoms with E-state index in [1.165, 1.54) is 31.2 Å². The smallest absolute Gasteiger partial charge is 0.106 e. The number of rotatable bonds is 4. The lowest BCUT2D eigenvalue weighted by molar-refractivity contribution is 0.473. The second kappa shape index (κ2) is 6.62. The molecule has 0 amide bonds. The maximum Gasteiger partial charge on any atom is 0.106 e. The van der Waals surface area contributed by atoms with Crippen molar-refractivity contribution >= 4 is 34.7 Å². The van der Waals surface area contributed by atoms with Crippen molar-refractivity contribution in [1.82, 2.24) is 0 Å². The molecule has 0 radical (unpaired) electrons. The van der Waals surface area contributed by atoms with Crippen molar-refractivity contribution in [2.75, 3.05) is 11.6 Å². The molecule has 2 unspecified atom stereocenters. The van der Waals surface area contributed by atoms with Gasteiger partial charge < -0.3 is 11.1 Å². The van der Waals surface area contributed by atoms with Crippen LogP contribution in [-0.4, -0.2) is 22.5 Å². The van der Waals surface area contributed by atoms with Crippen LogP contribution in [0.2, 0.25) is 0 Å². The molecule has 0 aliphatic heterocycles. The number of nitrogens with one attached hydrogen (secondary N) is 1. The summed E-state index contributed by atoms with van der Waals surface area (Å²) >= 11 is 7.14. The molecule has 1 aliphatic carbocycles. The first kappa shape index (κ1) is 14.7. The van der Waals surface area contributed by atoms with E-state index in [4.69, 9.17) is 18.0 Å². The summed E-state index contributed by atoms with van der Waals surface area (Å²) in [4.78, 5) is 0.475. The number of thioether (sulfide) groups is 1. The van der Waals surface area contributed by atoms with E-state index >= 15 is 0 Å². The minimum Gasteiger partial charge on any atom is -0.389 e. The van der Waals surface area contributed by atoms with E-state index in [1.54, 1.807) is 0 Å². The fourth-order valence-corrected chi connectivity index (χ4v) is 3.69. The molecule has 1 fully saturated rings. The first-order valence-corrected chi connectivity index (χ1v) is 8.49. The van der Waals surface area contributed by atoms with Gasteiger partial charge >= 0.3 is 0 Å². The topological polar surface area (TPSA) is 38.0 Å². The molecule has 0 spiro atoms. The second-order valence-electron chi connectivity index (χ2n) is 5.28. The molecule has 1 saturated carbocycles. The van der Waals surface area contributed by atoms with E-state index in [0.717, 1.165) is 16.5 Å². The van der Waals surface area contributed by atoms with Gasteiger partial charge in [0, 0.05) is 22.5 Å². The molecule has 1 aliphatic rings. The second-order valence-corrected chi connectivity index (χ2v) is 6.86. The highest BCUT2D eigenvalue weighted by molar-refractivity contribution is 7.99. The van der Waals surface area contributed by atoms with Gasteiger partial charge in [-0.15, -0.1) is 0 Å². The van der Waals surface area contributed by atoms with Gasteiger partial charge in [-0.25, -0.2) is 0 Å². The molecule has 1 aromatic carbocycles. The fourth-order valence-electron chi connectivity index (χ4n) is 2.70. The zero-order valence-electron chi connectivity index (χ0n) is 11.6. The predicted molar refractivity (Wildman–Crippen MR) is 90.2 cm³/mol. The van der Waals surface area contributed by atoms with Gasteiger partial charge in [0.15, 0.2) is 0 Å². The summed E-state index contributed by atoms with van der Waals surface area (Å²) in [5.74, 6) is 0. The fraction of sp³-hybridized carbons (Fsp3) is 0.533. The lowest BCUT2D eigenvalue weighted by atomic mass is 9.94. The molecule has 0 heterocycles. The van der Waals surface area contributed by atoms with Gasteiger partial charge in [0.05, 0.1) is 0 Å². The van der Waals surface area contributed by atoms with Crippen molar-refractivity contribution in [2.24, 2.45) is 5.73 Å². The van der Waals surface area contributed by atoms with Gasteiger partial charge in [0.25, 0.3) is 0 Å². The maximum atomic E-state index is 5.83. The van der Waals surface area contributed by atoms with Crippen LogP contribution in [0, 0.1) is 6.92 Å². The molecule has 0 bridgehead atoms. The molecule has 4 heteroatoms. The van der Waals surface area contributed by atoms with Crippen LogP contribution >= 0.6 is 24.0 Å². The Kier molecular flexibility index (Phi) is 5.11. The zero-order chi connectivity index (χ0) is 13.8. The van der Waals surface area contributed by atoms with E-state index in [-0.39, 0.29) is 0 Å². The van der Waals surface area contributed by atoms with Crippen molar-refractivity contribution in [2.45, 2.75) is 43.9 Å². The Morgan fingerprint density at radius 1 is 1.42 bits per heavy atom. The van der Waals surface area contributed by atoms with Crippen molar-refractivity contribution in [3.8, 4) is 0 Å². The van der Waals surface area contributed by atoms with Crippen LogP contribution in [0.5, 0.6) is 0 Å². The number of nitrogens with two attached hydrogens (primary N) is 1. The first-order valence-electron chi connectivity index (χ1n) is 6.80. The molecule has 2 atom stereocenters. The molecular formula is C15H22N2S2. The Labute approximate surface area is 125 Å². The van der Waals surface area contributed by atoms with Crippen molar-refractivity contribution in [3.63, 3.8) is 0 Å². The SMILES string of the molecule is CSC1CCCC(Nc2ccc(C)cc2C(N)=S)C1. The highest BCUT2D eigenvalue weighted by atomic mass is 32.2. The van der Waals surface area contributed by atoms with Gasteiger partial charge in [0.2, 0.25) is 0 Å². The summed E-state index contributed by atoms with van der Waals surface area (Å²) < 4.78 is 0. The van der Waals surface area contributed by atoms with Crippen molar-refractivity contribution < 1.29 is 0 Å². The zero-order valence-corrected chi connectivity index (χ0v) is 13.2. The number of anilines is 1. The average Bonchev–Trinajstić information content (AvgIpc) is 2.41. The third-order valence-corrected chi connectivity index (χ3v) is 5.07. The Morgan fingerprint density at radius 3 is 2.89 bits per heavy atom. The van der Waals surface area contributed by atoms with Crippen LogP contribution in [0.1, 0.15) is 36.8 Å². The minimum atomic E-state index is 0.475. The molecular weight excluding hydrogens is 272 g/mol. The van der Waals surface area contributed by atoms with E-state index in [2.05, 4.69) is 36.7 Å². The molecule has 0 saturated heterocycles. The summed E-state index contributed by atoms with van der Waals surface area (Å²) in [6.45, 7) is 2.07. The molecule has 19 heavy (non-hydrogen) atoms. The van der Waals surface area contributed by atoms with E-state index in [1.807, 2.05) is 11.8 Å². The number of thiocarbonyl (C=S) groups is 1. The summed E-state index contributed by atoms with van der Waals surface area (Å²) in [6, 6.07) is 6.83. The standard InChI is InChI=1S/C15H22N2S2/c1-10-6-7-14(13(8-10)15(16)18)17-11-4-3-5-12(9-11)19-2/h6-8,11-12,17H,3-5,9H2,1-2H3,(H2,16,18). The number of aryl methyl sites for hydroxylation is 1. The van der Waals surface area contributed by atoms with E-state index < -0.39 is 0 Å². The molecule has 3 N–H and O–H groups in total. The summed E-state index contributed by atoms with van der Waals surface area (Å²) in [7, 11) is 0. The Balaban J connectivity index is 2.12. The largest absolute Gasteiger partial charge is 0.389 e. The Bertz CT molecular complexity index is 459. The summed E-state index contributed by atoms with van der Waals surface area (Å²) in [5.41, 5.74) is 9.08. The van der Waals surface area contributed by atoms with Gasteiger partial charge in [-0.3, -0.25) is 0 Å². The van der Waals surface area contributed by atoms with Crippen molar-refractivity contribution in [1.29, 1.82) is 0 Å². The molecule has 104 valence electrons. The number of benzene rings is 1. The quantitative estimate of drug-likeness (QED) is 0.830. The lowest BCUT2D eigenvalue weighted by Crippen LogP contribution is -2.29. The van der Waals surface area contributed by atoms with Crippen LogP contribution in [0.15, 0.2) is 18.2 Å². The Hall–Kier alpha value is -0.740. The summed E-state index contributed by atoms with van der Waals surface area (Å²) in [5, 5.41) is 4.42. The number of hydrogen-bond acceptors (Lipinski definition) is 3. The van der Waals surface area contributed by atoms with Gasteiger partial charge in [0.1, 0.15) is 4.99 Å². The van der Waals surface area contributed by atoms with Crippen molar-refractivity contribution in [3.05, 3.63) is 29.3 Å². The van der Waals surface area contributed by atoms with E-state index in [9.17, 15) is 0 Å². The van der Waals surface area contributed by atoms with Crippen LogP contribution in [0.25, 0.3) is 0 Å². The third kappa shape index (κ3) is 3.86. The predicted octanol–water partition coefficient (Wildman–Crippen LogP) is 3.72.